The molecule has 6 unspecified atom stereocenters. The number of hydrogen-bond donors (Lipinski definition) is 1. The van der Waals surface area contributed by atoms with Crippen LogP contribution in [0.2, 0.25) is 5.02 Å². The third kappa shape index (κ3) is 5.51. The van der Waals surface area contributed by atoms with Crippen molar-refractivity contribution < 1.29 is 55.4 Å². The van der Waals surface area contributed by atoms with Crippen LogP contribution >= 0.6 is 11.6 Å². The van der Waals surface area contributed by atoms with Crippen LogP contribution in [0.5, 0.6) is 11.5 Å². The Bertz CT molecular complexity index is 2330. The molecule has 4 amide bonds. The largest absolute Gasteiger partial charge is 0.508 e. The number of anilines is 2. The smallest absolute Gasteiger partial charge is 0.416 e. The summed E-state index contributed by atoms with van der Waals surface area (Å²) in [5.74, 6) is -9.39. The highest BCUT2D eigenvalue weighted by molar-refractivity contribution is 6.32. The molecule has 2 aliphatic carbocycles. The quantitative estimate of drug-likeness (QED) is 0.124. The minimum Gasteiger partial charge on any atom is -0.508 e. The van der Waals surface area contributed by atoms with E-state index in [1.807, 2.05) is 0 Å². The summed E-state index contributed by atoms with van der Waals surface area (Å²) >= 11 is 6.32. The molecule has 2 saturated heterocycles. The molecule has 0 aromatic heterocycles. The fourth-order valence-electron chi connectivity index (χ4n) is 9.30. The molecule has 3 fully saturated rings. The van der Waals surface area contributed by atoms with Crippen molar-refractivity contribution in [3.05, 3.63) is 130 Å². The van der Waals surface area contributed by atoms with E-state index >= 15 is 4.79 Å². The van der Waals surface area contributed by atoms with Gasteiger partial charge >= 0.3 is 12.4 Å². The lowest BCUT2D eigenvalue weighted by Gasteiger charge is -2.50. The summed E-state index contributed by atoms with van der Waals surface area (Å²) < 4.78 is 88.7. The molecule has 56 heavy (non-hydrogen) atoms. The molecule has 0 bridgehead atoms. The van der Waals surface area contributed by atoms with Gasteiger partial charge in [-0.25, -0.2) is 9.80 Å². The Morgan fingerprint density at radius 3 is 2.04 bits per heavy atom. The maximum absolute atomic E-state index is 15.3. The minimum absolute atomic E-state index is 0.0914. The lowest BCUT2D eigenvalue weighted by Crippen LogP contribution is -2.53. The summed E-state index contributed by atoms with van der Waals surface area (Å²) in [7, 11) is 1.38. The number of aromatic hydroxyl groups is 1. The number of fused-ring (bicyclic) bond motifs is 4. The van der Waals surface area contributed by atoms with E-state index in [9.17, 15) is 45.8 Å². The van der Waals surface area contributed by atoms with Gasteiger partial charge in [0.15, 0.2) is 0 Å². The van der Waals surface area contributed by atoms with E-state index in [1.54, 1.807) is 54.6 Å². The molecule has 4 aromatic carbocycles. The number of amides is 4. The molecule has 4 aliphatic rings. The Balaban J connectivity index is 1.33. The number of alkyl halides is 6. The van der Waals surface area contributed by atoms with Gasteiger partial charge in [0.25, 0.3) is 0 Å². The first-order valence-electron chi connectivity index (χ1n) is 17.4. The summed E-state index contributed by atoms with van der Waals surface area (Å²) in [5.41, 5.74) is -4.89. The molecule has 4 aromatic rings. The van der Waals surface area contributed by atoms with Crippen LogP contribution < -0.4 is 14.5 Å². The molecule has 6 atom stereocenters. The topological polar surface area (TPSA) is 104 Å². The van der Waals surface area contributed by atoms with Gasteiger partial charge in [-0.2, -0.15) is 26.3 Å². The number of nitrogens with zero attached hydrogens (tertiary/aromatic N) is 2. The number of imide groups is 2. The minimum atomic E-state index is -5.24. The van der Waals surface area contributed by atoms with E-state index in [-0.39, 0.29) is 46.7 Å². The predicted molar refractivity (Wildman–Crippen MR) is 190 cm³/mol. The zero-order chi connectivity index (χ0) is 40.1. The first-order chi connectivity index (χ1) is 26.5. The van der Waals surface area contributed by atoms with Crippen LogP contribution in [0.3, 0.4) is 0 Å². The van der Waals surface area contributed by atoms with Gasteiger partial charge in [0.1, 0.15) is 11.5 Å². The molecule has 288 valence electrons. The van der Waals surface area contributed by atoms with Crippen LogP contribution in [0, 0.1) is 23.7 Å². The van der Waals surface area contributed by atoms with Crippen LogP contribution in [0.15, 0.2) is 103 Å². The van der Waals surface area contributed by atoms with Gasteiger partial charge in [-0.15, -0.1) is 0 Å². The van der Waals surface area contributed by atoms with Gasteiger partial charge in [-0.1, -0.05) is 65.7 Å². The first-order valence-corrected chi connectivity index (χ1v) is 17.8. The lowest BCUT2D eigenvalue weighted by molar-refractivity contribution is -0.143. The maximum atomic E-state index is 15.3. The van der Waals surface area contributed by atoms with Crippen molar-refractivity contribution in [3.63, 3.8) is 0 Å². The van der Waals surface area contributed by atoms with E-state index in [4.69, 9.17) is 16.3 Å². The molecule has 1 N–H and O–H groups in total. The van der Waals surface area contributed by atoms with Crippen molar-refractivity contribution in [1.82, 2.24) is 0 Å². The van der Waals surface area contributed by atoms with E-state index in [1.165, 1.54) is 31.4 Å². The average molecular weight is 795 g/mol. The van der Waals surface area contributed by atoms with Crippen molar-refractivity contribution in [1.29, 1.82) is 0 Å². The molecule has 1 saturated carbocycles. The molecular weight excluding hydrogens is 766 g/mol. The Kier molecular flexibility index (Phi) is 8.64. The number of phenolic OH excluding ortho intramolecular Hbond substituents is 1. The highest BCUT2D eigenvalue weighted by Gasteiger charge is 2.70. The number of phenols is 1. The average Bonchev–Trinajstić information content (AvgIpc) is 3.55. The second kappa shape index (κ2) is 13.0. The molecule has 8 nitrogen and oxygen atoms in total. The zero-order valence-corrected chi connectivity index (χ0v) is 29.8. The van der Waals surface area contributed by atoms with Crippen molar-refractivity contribution in [2.75, 3.05) is 16.9 Å². The number of allylic oxidation sites excluding steroid dienone is 2. The fourth-order valence-corrected chi connectivity index (χ4v) is 9.49. The molecule has 2 aliphatic heterocycles. The Morgan fingerprint density at radius 2 is 1.43 bits per heavy atom. The zero-order valence-electron chi connectivity index (χ0n) is 29.1. The van der Waals surface area contributed by atoms with Crippen LogP contribution in [-0.2, 0) is 36.9 Å². The summed E-state index contributed by atoms with van der Waals surface area (Å²) in [4.78, 5) is 60.1. The second-order valence-corrected chi connectivity index (χ2v) is 14.7. The predicted octanol–water partition coefficient (Wildman–Crippen LogP) is 8.46. The van der Waals surface area contributed by atoms with Gasteiger partial charge in [0, 0.05) is 22.6 Å². The summed E-state index contributed by atoms with van der Waals surface area (Å²) in [6.07, 6.45) is -9.23. The Morgan fingerprint density at radius 1 is 0.750 bits per heavy atom. The number of rotatable bonds is 5. The number of ether oxygens (including phenoxy) is 1. The van der Waals surface area contributed by atoms with E-state index in [0.717, 1.165) is 4.90 Å². The molecular formula is C41H29ClF6N2O6. The fraction of sp³-hybridized carbons (Fsp3) is 0.268. The number of benzene rings is 4. The molecule has 15 heteroatoms. The van der Waals surface area contributed by atoms with Crippen molar-refractivity contribution in [2.45, 2.75) is 36.5 Å². The van der Waals surface area contributed by atoms with Gasteiger partial charge in [0.2, 0.25) is 23.6 Å². The number of halogens is 7. The Hall–Kier alpha value is -5.63. The maximum Gasteiger partial charge on any atom is 0.416 e. The number of methoxy groups -OCH3 is 1. The van der Waals surface area contributed by atoms with Crippen LogP contribution in [-0.4, -0.2) is 35.8 Å². The second-order valence-electron chi connectivity index (χ2n) is 14.3. The summed E-state index contributed by atoms with van der Waals surface area (Å²) in [5, 5.41) is 11.9. The molecule has 0 radical (unpaired) electrons. The van der Waals surface area contributed by atoms with Crippen molar-refractivity contribution in [2.24, 2.45) is 23.7 Å². The van der Waals surface area contributed by atoms with Gasteiger partial charge in [-0.3, -0.25) is 19.2 Å². The van der Waals surface area contributed by atoms with E-state index < -0.39 is 87.8 Å². The standard InChI is InChI=1S/C41H29ClF6N2O6/c1-56-26-10-11-28(32(51)18-26)34-27-12-13-29-33(37(54)49(35(29)52)25-15-21(40(43,44)45)14-22(16-25)41(46,47)48)30(27)19-31-36(53)50(24-9-5-8-23(42)17-24)38(55)39(31,34)20-6-3-2-4-7-20/h2-12,14-18,29-31,33-34,51H,13,19H2,1H3. The molecule has 8 rings (SSSR count). The highest BCUT2D eigenvalue weighted by Crippen LogP contribution is 2.65. The van der Waals surface area contributed by atoms with Crippen LogP contribution in [0.1, 0.15) is 41.0 Å². The van der Waals surface area contributed by atoms with Gasteiger partial charge < -0.3 is 9.84 Å². The third-order valence-electron chi connectivity index (χ3n) is 11.5. The van der Waals surface area contributed by atoms with Crippen LogP contribution in [0.4, 0.5) is 37.7 Å². The third-order valence-corrected chi connectivity index (χ3v) is 11.8. The Labute approximate surface area is 319 Å². The summed E-state index contributed by atoms with van der Waals surface area (Å²) in [6.45, 7) is 0. The van der Waals surface area contributed by atoms with Gasteiger partial charge in [-0.05, 0) is 66.8 Å². The van der Waals surface area contributed by atoms with E-state index in [0.29, 0.717) is 28.2 Å². The monoisotopic (exact) mass is 794 g/mol. The molecule has 0 spiro atoms. The molecule has 2 heterocycles. The van der Waals surface area contributed by atoms with Gasteiger partial charge in [0.05, 0.1) is 52.8 Å². The number of carbonyl (C=O) groups is 4. The van der Waals surface area contributed by atoms with Crippen molar-refractivity contribution in [3.8, 4) is 11.5 Å². The number of hydrogen-bond acceptors (Lipinski definition) is 6. The SMILES string of the molecule is COc1ccc(C2C3=CCC4C(=O)N(c5cc(C(F)(F)F)cc(C(F)(F)F)c5)C(=O)C4C3CC3C(=O)N(c4cccc(Cl)c4)C(=O)C32c2ccccc2)c(O)c1. The van der Waals surface area contributed by atoms with Crippen molar-refractivity contribution >= 4 is 46.6 Å². The van der Waals surface area contributed by atoms with Crippen LogP contribution in [0.25, 0.3) is 0 Å². The normalized spacial score (nSPS) is 26.2. The summed E-state index contributed by atoms with van der Waals surface area (Å²) in [6, 6.07) is 19.5. The number of carbonyl (C=O) groups excluding carboxylic acids is 4. The lowest BCUT2D eigenvalue weighted by atomic mass is 9.49. The van der Waals surface area contributed by atoms with E-state index in [2.05, 4.69) is 0 Å². The highest BCUT2D eigenvalue weighted by atomic mass is 35.5. The first kappa shape index (κ1) is 37.3.